The number of hydrogen-bond donors (Lipinski definition) is 1. The highest BCUT2D eigenvalue weighted by Crippen LogP contribution is 2.13. The van der Waals surface area contributed by atoms with Crippen LogP contribution in [0.2, 0.25) is 0 Å². The zero-order valence-electron chi connectivity index (χ0n) is 13.0. The van der Waals surface area contributed by atoms with Crippen molar-refractivity contribution in [1.82, 2.24) is 0 Å². The predicted octanol–water partition coefficient (Wildman–Crippen LogP) is 3.69. The van der Waals surface area contributed by atoms with Gasteiger partial charge in [0.1, 0.15) is 0 Å². The van der Waals surface area contributed by atoms with Gasteiger partial charge in [-0.15, -0.1) is 0 Å². The van der Waals surface area contributed by atoms with Crippen molar-refractivity contribution < 1.29 is 9.00 Å². The van der Waals surface area contributed by atoms with E-state index in [9.17, 15) is 9.00 Å². The van der Waals surface area contributed by atoms with Gasteiger partial charge in [-0.1, -0.05) is 29.8 Å². The molecule has 0 aromatic heterocycles. The first-order valence-electron chi connectivity index (χ1n) is 7.33. The second-order valence-electron chi connectivity index (χ2n) is 5.37. The van der Waals surface area contributed by atoms with Crippen LogP contribution in [-0.2, 0) is 22.0 Å². The van der Waals surface area contributed by atoms with Crippen LogP contribution in [0.5, 0.6) is 0 Å². The quantitative estimate of drug-likeness (QED) is 0.883. The summed E-state index contributed by atoms with van der Waals surface area (Å²) in [5.74, 6) is 0.0116. The summed E-state index contributed by atoms with van der Waals surface area (Å²) < 4.78 is 11.3. The van der Waals surface area contributed by atoms with Crippen molar-refractivity contribution in [3.05, 3.63) is 59.7 Å². The summed E-state index contributed by atoms with van der Waals surface area (Å²) in [6.45, 7) is 2.07. The number of amides is 1. The van der Waals surface area contributed by atoms with E-state index in [4.69, 9.17) is 0 Å². The lowest BCUT2D eigenvalue weighted by Crippen LogP contribution is -2.11. The zero-order chi connectivity index (χ0) is 15.9. The van der Waals surface area contributed by atoms with Crippen molar-refractivity contribution in [2.75, 3.05) is 11.6 Å². The second kappa shape index (κ2) is 7.90. The van der Waals surface area contributed by atoms with Crippen LogP contribution in [0.3, 0.4) is 0 Å². The van der Waals surface area contributed by atoms with Gasteiger partial charge in [-0.25, -0.2) is 0 Å². The van der Waals surface area contributed by atoms with Crippen molar-refractivity contribution in [3.8, 4) is 0 Å². The van der Waals surface area contributed by atoms with Gasteiger partial charge in [-0.05, 0) is 49.6 Å². The molecular formula is C18H21NO2S. The van der Waals surface area contributed by atoms with Gasteiger partial charge in [-0.2, -0.15) is 0 Å². The molecule has 0 bridgehead atoms. The van der Waals surface area contributed by atoms with E-state index in [0.29, 0.717) is 6.42 Å². The molecule has 0 heterocycles. The smallest absolute Gasteiger partial charge is 0.224 e. The third-order valence-corrected chi connectivity index (χ3v) is 4.40. The van der Waals surface area contributed by atoms with Gasteiger partial charge in [0.15, 0.2) is 0 Å². The fraction of sp³-hybridized carbons (Fsp3) is 0.278. The van der Waals surface area contributed by atoms with E-state index >= 15 is 0 Å². The van der Waals surface area contributed by atoms with E-state index in [1.165, 1.54) is 11.1 Å². The summed E-state index contributed by atoms with van der Waals surface area (Å²) in [7, 11) is -0.990. The first kappa shape index (κ1) is 16.4. The van der Waals surface area contributed by atoms with Crippen LogP contribution in [0.1, 0.15) is 24.0 Å². The molecule has 1 atom stereocenters. The van der Waals surface area contributed by atoms with Gasteiger partial charge in [0.05, 0.1) is 0 Å². The Morgan fingerprint density at radius 2 is 1.68 bits per heavy atom. The van der Waals surface area contributed by atoms with Crippen molar-refractivity contribution in [3.63, 3.8) is 0 Å². The molecule has 0 unspecified atom stereocenters. The van der Waals surface area contributed by atoms with Crippen LogP contribution in [0, 0.1) is 6.92 Å². The first-order valence-corrected chi connectivity index (χ1v) is 8.89. The molecule has 4 heteroatoms. The Bertz CT molecular complexity index is 648. The molecule has 0 spiro atoms. The third kappa shape index (κ3) is 5.11. The minimum atomic E-state index is -0.990. The maximum absolute atomic E-state index is 11.9. The molecule has 2 aromatic rings. The molecule has 2 aromatic carbocycles. The number of hydrogen-bond acceptors (Lipinski definition) is 2. The van der Waals surface area contributed by atoms with E-state index in [-0.39, 0.29) is 5.91 Å². The van der Waals surface area contributed by atoms with Crippen LogP contribution < -0.4 is 5.32 Å². The topological polar surface area (TPSA) is 46.2 Å². The molecule has 1 amide bonds. The largest absolute Gasteiger partial charge is 0.326 e. The molecule has 0 aliphatic rings. The number of anilines is 1. The molecule has 2 rings (SSSR count). The van der Waals surface area contributed by atoms with Crippen LogP contribution in [-0.4, -0.2) is 16.4 Å². The predicted molar refractivity (Wildman–Crippen MR) is 91.5 cm³/mol. The van der Waals surface area contributed by atoms with E-state index in [2.05, 4.69) is 36.5 Å². The van der Waals surface area contributed by atoms with Crippen molar-refractivity contribution in [2.24, 2.45) is 0 Å². The van der Waals surface area contributed by atoms with Gasteiger partial charge < -0.3 is 5.32 Å². The number of aryl methyl sites for hydroxylation is 2. The fourth-order valence-electron chi connectivity index (χ4n) is 2.16. The number of rotatable bonds is 6. The SMILES string of the molecule is Cc1ccc(CCCC(=O)Nc2ccc([S@@](C)=O)cc2)cc1. The second-order valence-corrected chi connectivity index (χ2v) is 6.75. The highest BCUT2D eigenvalue weighted by Gasteiger charge is 2.04. The Labute approximate surface area is 134 Å². The fourth-order valence-corrected chi connectivity index (χ4v) is 2.68. The molecule has 0 radical (unpaired) electrons. The van der Waals surface area contributed by atoms with Gasteiger partial charge in [0, 0.05) is 34.1 Å². The Kier molecular flexibility index (Phi) is 5.90. The Balaban J connectivity index is 1.77. The van der Waals surface area contributed by atoms with Gasteiger partial charge in [0.2, 0.25) is 5.91 Å². The summed E-state index contributed by atoms with van der Waals surface area (Å²) in [5, 5.41) is 2.87. The summed E-state index contributed by atoms with van der Waals surface area (Å²) in [5.41, 5.74) is 3.25. The molecule has 0 fully saturated rings. The summed E-state index contributed by atoms with van der Waals surface area (Å²) >= 11 is 0. The summed E-state index contributed by atoms with van der Waals surface area (Å²) in [6.07, 6.45) is 3.86. The molecule has 0 aliphatic carbocycles. The lowest BCUT2D eigenvalue weighted by atomic mass is 10.1. The van der Waals surface area contributed by atoms with Crippen LogP contribution >= 0.6 is 0 Å². The molecule has 3 nitrogen and oxygen atoms in total. The van der Waals surface area contributed by atoms with Gasteiger partial charge >= 0.3 is 0 Å². The van der Waals surface area contributed by atoms with Gasteiger partial charge in [0.25, 0.3) is 0 Å². The van der Waals surface area contributed by atoms with Crippen LogP contribution in [0.4, 0.5) is 5.69 Å². The number of carbonyl (C=O) groups is 1. The zero-order valence-corrected chi connectivity index (χ0v) is 13.8. The van der Waals surface area contributed by atoms with Crippen molar-refractivity contribution in [1.29, 1.82) is 0 Å². The molecule has 0 saturated heterocycles. The normalized spacial score (nSPS) is 11.9. The molecule has 22 heavy (non-hydrogen) atoms. The molecule has 1 N–H and O–H groups in total. The average molecular weight is 315 g/mol. The monoisotopic (exact) mass is 315 g/mol. The Morgan fingerprint density at radius 1 is 1.05 bits per heavy atom. The first-order chi connectivity index (χ1) is 10.5. The molecule has 116 valence electrons. The lowest BCUT2D eigenvalue weighted by Gasteiger charge is -2.06. The lowest BCUT2D eigenvalue weighted by molar-refractivity contribution is -0.116. The average Bonchev–Trinajstić information content (AvgIpc) is 2.50. The highest BCUT2D eigenvalue weighted by molar-refractivity contribution is 7.84. The minimum absolute atomic E-state index is 0.0116. The summed E-state index contributed by atoms with van der Waals surface area (Å²) in [4.78, 5) is 12.7. The third-order valence-electron chi connectivity index (χ3n) is 3.46. The van der Waals surface area contributed by atoms with Crippen molar-refractivity contribution >= 4 is 22.4 Å². The molecular weight excluding hydrogens is 294 g/mol. The van der Waals surface area contributed by atoms with E-state index in [0.717, 1.165) is 23.4 Å². The maximum Gasteiger partial charge on any atom is 0.224 e. The Hall–Kier alpha value is -1.94. The standard InChI is InChI=1S/C18H21NO2S/c1-14-6-8-15(9-7-14)4-3-5-18(20)19-16-10-12-17(13-11-16)22(2)21/h6-13H,3-5H2,1-2H3,(H,19,20)/t22-/m1/s1. The van der Waals surface area contributed by atoms with Crippen LogP contribution in [0.25, 0.3) is 0 Å². The van der Waals surface area contributed by atoms with Gasteiger partial charge in [-0.3, -0.25) is 9.00 Å². The van der Waals surface area contributed by atoms with E-state index < -0.39 is 10.8 Å². The van der Waals surface area contributed by atoms with E-state index in [1.54, 1.807) is 30.5 Å². The number of benzene rings is 2. The number of carbonyl (C=O) groups excluding carboxylic acids is 1. The van der Waals surface area contributed by atoms with Crippen molar-refractivity contribution in [2.45, 2.75) is 31.1 Å². The molecule has 0 aliphatic heterocycles. The number of nitrogens with one attached hydrogen (secondary N) is 1. The maximum atomic E-state index is 11.9. The molecule has 0 saturated carbocycles. The summed E-state index contributed by atoms with van der Waals surface area (Å²) in [6, 6.07) is 15.5. The van der Waals surface area contributed by atoms with E-state index in [1.807, 2.05) is 0 Å². The highest BCUT2D eigenvalue weighted by atomic mass is 32.2. The van der Waals surface area contributed by atoms with Crippen LogP contribution in [0.15, 0.2) is 53.4 Å². The minimum Gasteiger partial charge on any atom is -0.326 e. The Morgan fingerprint density at radius 3 is 2.27 bits per heavy atom.